The Bertz CT molecular complexity index is 2360. The molecule has 3 aliphatic rings. The van der Waals surface area contributed by atoms with E-state index in [2.05, 4.69) is 89.7 Å². The Morgan fingerprint density at radius 2 is 1.09 bits per heavy atom. The average Bonchev–Trinajstić information content (AvgIpc) is 3.63. The lowest BCUT2D eigenvalue weighted by Crippen LogP contribution is -2.38. The number of likely N-dealkylation sites (tertiary alicyclic amines) is 2. The molecule has 10 heteroatoms. The molecule has 56 heavy (non-hydrogen) atoms. The molecule has 10 nitrogen and oxygen atoms in total. The van der Waals surface area contributed by atoms with Gasteiger partial charge >= 0.3 is 12.2 Å². The van der Waals surface area contributed by atoms with Crippen molar-refractivity contribution >= 4 is 33.7 Å². The van der Waals surface area contributed by atoms with E-state index in [0.717, 1.165) is 86.1 Å². The van der Waals surface area contributed by atoms with E-state index in [0.29, 0.717) is 18.4 Å². The molecule has 2 aromatic heterocycles. The van der Waals surface area contributed by atoms with Crippen molar-refractivity contribution in [3.05, 3.63) is 96.8 Å². The van der Waals surface area contributed by atoms with Crippen molar-refractivity contribution in [2.75, 3.05) is 6.54 Å². The lowest BCUT2D eigenvalue weighted by atomic mass is 9.97. The third-order valence-corrected chi connectivity index (χ3v) is 11.3. The zero-order valence-corrected chi connectivity index (χ0v) is 33.2. The quantitative estimate of drug-likeness (QED) is 0.181. The third-order valence-electron chi connectivity index (χ3n) is 11.3. The number of aromatic nitrogens is 4. The Hall–Kier alpha value is -5.64. The number of nitrogens with zero attached hydrogens (tertiary/aromatic N) is 4. The monoisotopic (exact) mass is 750 g/mol. The number of imidazole rings is 2. The molecule has 2 saturated heterocycles. The molecule has 4 heterocycles. The van der Waals surface area contributed by atoms with Crippen LogP contribution in [0.4, 0.5) is 9.59 Å². The molecule has 4 aromatic carbocycles. The van der Waals surface area contributed by atoms with Gasteiger partial charge in [-0.05, 0) is 130 Å². The number of ether oxygens (including phenoxy) is 2. The van der Waals surface area contributed by atoms with E-state index < -0.39 is 11.2 Å². The minimum absolute atomic E-state index is 0.0958. The first-order valence-electron chi connectivity index (χ1n) is 19.9. The predicted molar refractivity (Wildman–Crippen MR) is 219 cm³/mol. The van der Waals surface area contributed by atoms with Crippen LogP contribution in [-0.2, 0) is 9.47 Å². The number of H-pyrrole nitrogens is 2. The second kappa shape index (κ2) is 13.2. The molecule has 2 aliphatic heterocycles. The number of fused-ring (bicyclic) bond motifs is 3. The fraction of sp³-hybridized carbons (Fsp3) is 0.391. The van der Waals surface area contributed by atoms with Gasteiger partial charge in [0.15, 0.2) is 0 Å². The smallest absolute Gasteiger partial charge is 0.411 e. The van der Waals surface area contributed by atoms with Gasteiger partial charge in [-0.25, -0.2) is 19.6 Å². The lowest BCUT2D eigenvalue weighted by Gasteiger charge is -2.29. The summed E-state index contributed by atoms with van der Waals surface area (Å²) in [5.41, 5.74) is 5.18. The van der Waals surface area contributed by atoms with E-state index in [1.54, 1.807) is 0 Å². The lowest BCUT2D eigenvalue weighted by molar-refractivity contribution is 0.0172. The first-order valence-corrected chi connectivity index (χ1v) is 19.9. The Balaban J connectivity index is 0.907. The van der Waals surface area contributed by atoms with Gasteiger partial charge in [-0.3, -0.25) is 9.80 Å². The topological polar surface area (TPSA) is 116 Å². The molecule has 1 aliphatic carbocycles. The number of benzene rings is 4. The fourth-order valence-corrected chi connectivity index (χ4v) is 8.60. The van der Waals surface area contributed by atoms with Gasteiger partial charge < -0.3 is 19.4 Å². The zero-order valence-electron chi connectivity index (χ0n) is 33.2. The van der Waals surface area contributed by atoms with E-state index >= 15 is 0 Å². The van der Waals surface area contributed by atoms with Crippen molar-refractivity contribution < 1.29 is 19.1 Å². The highest BCUT2D eigenvalue weighted by molar-refractivity contribution is 5.94. The highest BCUT2D eigenvalue weighted by atomic mass is 16.6. The first-order chi connectivity index (χ1) is 26.7. The van der Waals surface area contributed by atoms with Gasteiger partial charge in [-0.15, -0.1) is 0 Å². The predicted octanol–water partition coefficient (Wildman–Crippen LogP) is 10.8. The van der Waals surface area contributed by atoms with Gasteiger partial charge in [-0.2, -0.15) is 0 Å². The van der Waals surface area contributed by atoms with Crippen LogP contribution >= 0.6 is 0 Å². The van der Waals surface area contributed by atoms with Gasteiger partial charge in [0.2, 0.25) is 0 Å². The van der Waals surface area contributed by atoms with Gasteiger partial charge in [-0.1, -0.05) is 55.5 Å². The van der Waals surface area contributed by atoms with Crippen LogP contribution in [0.5, 0.6) is 0 Å². The summed E-state index contributed by atoms with van der Waals surface area (Å²) in [5, 5.41) is 4.60. The molecule has 0 bridgehead atoms. The molecule has 6 aromatic rings. The van der Waals surface area contributed by atoms with Crippen molar-refractivity contribution in [1.29, 1.82) is 0 Å². The highest BCUT2D eigenvalue weighted by Gasteiger charge is 2.56. The first kappa shape index (κ1) is 36.0. The summed E-state index contributed by atoms with van der Waals surface area (Å²) >= 11 is 0. The number of nitrogens with one attached hydrogen (secondary N) is 2. The molecule has 288 valence electrons. The van der Waals surface area contributed by atoms with Crippen LogP contribution in [0.3, 0.4) is 0 Å². The highest BCUT2D eigenvalue weighted by Crippen LogP contribution is 2.53. The molecule has 3 fully saturated rings. The molecular formula is C46H50N6O4. The van der Waals surface area contributed by atoms with Crippen LogP contribution < -0.4 is 0 Å². The number of hydrogen-bond donors (Lipinski definition) is 2. The number of rotatable bonds is 5. The van der Waals surface area contributed by atoms with Crippen LogP contribution in [0.25, 0.3) is 55.2 Å². The molecule has 0 spiro atoms. The van der Waals surface area contributed by atoms with Crippen LogP contribution in [0.1, 0.15) is 91.5 Å². The van der Waals surface area contributed by atoms with Crippen LogP contribution in [0.15, 0.2) is 85.2 Å². The van der Waals surface area contributed by atoms with Crippen molar-refractivity contribution in [3.63, 3.8) is 0 Å². The van der Waals surface area contributed by atoms with Crippen LogP contribution in [0, 0.1) is 11.8 Å². The summed E-state index contributed by atoms with van der Waals surface area (Å²) in [7, 11) is 0. The molecule has 2 N–H and O–H groups in total. The summed E-state index contributed by atoms with van der Waals surface area (Å²) in [4.78, 5) is 46.4. The molecule has 0 radical (unpaired) electrons. The maximum absolute atomic E-state index is 13.1. The van der Waals surface area contributed by atoms with Crippen molar-refractivity contribution in [2.45, 2.75) is 97.1 Å². The Morgan fingerprint density at radius 1 is 0.625 bits per heavy atom. The Kier molecular flexibility index (Phi) is 8.52. The molecule has 1 unspecified atom stereocenters. The number of carbonyl (C=O) groups excluding carboxylic acids is 2. The minimum Gasteiger partial charge on any atom is -0.444 e. The van der Waals surface area contributed by atoms with E-state index in [1.807, 2.05) is 63.7 Å². The molecule has 2 amide bonds. The van der Waals surface area contributed by atoms with Gasteiger partial charge in [0.05, 0.1) is 35.9 Å². The maximum Gasteiger partial charge on any atom is 0.411 e. The summed E-state index contributed by atoms with van der Waals surface area (Å²) in [6.07, 6.45) is 5.99. The zero-order chi connectivity index (χ0) is 39.1. The number of piperidine rings is 1. The Labute approximate surface area is 327 Å². The average molecular weight is 751 g/mol. The maximum atomic E-state index is 13.1. The minimum atomic E-state index is -0.552. The van der Waals surface area contributed by atoms with Gasteiger partial charge in [0.25, 0.3) is 0 Å². The van der Waals surface area contributed by atoms with Crippen LogP contribution in [0.2, 0.25) is 0 Å². The summed E-state index contributed by atoms with van der Waals surface area (Å²) in [6.45, 7) is 14.2. The number of aromatic amines is 2. The van der Waals surface area contributed by atoms with Crippen molar-refractivity contribution in [1.82, 2.24) is 29.7 Å². The number of hydrogen-bond acceptors (Lipinski definition) is 6. The summed E-state index contributed by atoms with van der Waals surface area (Å²) in [5.74, 6) is 2.49. The summed E-state index contributed by atoms with van der Waals surface area (Å²) < 4.78 is 11.5. The largest absolute Gasteiger partial charge is 0.444 e. The molecule has 9 rings (SSSR count). The SMILES string of the molecule is C[C@@H]1C[C@@H](c2ncc(-c3ccc4cc(-c5ccc6cc(-c7cnc([C@@H]8C[C@H]9CC9N8C(=O)OC(C)(C)C)[nH]7)ccc6c5)ccc4c3)[nH]2)N(C(=O)OC(C)(C)C)C1. The molecule has 1 saturated carbocycles. The third kappa shape index (κ3) is 7.01. The van der Waals surface area contributed by atoms with Gasteiger partial charge in [0.1, 0.15) is 22.9 Å². The number of carbonyl (C=O) groups is 2. The second-order valence-corrected chi connectivity index (χ2v) is 18.1. The Morgan fingerprint density at radius 3 is 1.61 bits per heavy atom. The van der Waals surface area contributed by atoms with Crippen molar-refractivity contribution in [3.8, 4) is 33.6 Å². The van der Waals surface area contributed by atoms with Crippen molar-refractivity contribution in [2.24, 2.45) is 11.8 Å². The fourth-order valence-electron chi connectivity index (χ4n) is 8.60. The second-order valence-electron chi connectivity index (χ2n) is 18.1. The van der Waals surface area contributed by atoms with E-state index in [9.17, 15) is 9.59 Å². The van der Waals surface area contributed by atoms with E-state index in [1.165, 1.54) is 0 Å². The standard InChI is InChI=1S/C46H50N6O4/c1-26-16-39(51(25-26)43(53)55-45(2,3)4)41-47-23-36(49-41)33-14-12-29-17-27(8-10-31(29)19-33)28-9-11-32-20-34(15-13-30(32)18-28)37-24-48-42(50-37)40-22-35-21-38(35)52(40)44(54)56-46(5,6)7/h8-15,17-20,23-24,26,35,38-40H,16,21-22,25H2,1-7H3,(H,47,49)(H,48,50)/t26-,35-,38?,39+,40+/m1/s1. The van der Waals surface area contributed by atoms with Crippen LogP contribution in [-0.4, -0.2) is 65.7 Å². The summed E-state index contributed by atoms with van der Waals surface area (Å²) in [6, 6.07) is 26.2. The van der Waals surface area contributed by atoms with E-state index in [4.69, 9.17) is 19.4 Å². The number of amides is 2. The normalized spacial score (nSPS) is 22.2. The van der Waals surface area contributed by atoms with E-state index in [-0.39, 0.29) is 30.3 Å². The van der Waals surface area contributed by atoms with Gasteiger partial charge in [0, 0.05) is 23.7 Å². The molecule has 5 atom stereocenters. The molecular weight excluding hydrogens is 701 g/mol.